The highest BCUT2D eigenvalue weighted by atomic mass is 16.6. The molecule has 3 aromatic rings. The fourth-order valence-corrected chi connectivity index (χ4v) is 4.24. The van der Waals surface area contributed by atoms with E-state index < -0.39 is 0 Å². The first-order chi connectivity index (χ1) is 13.9. The van der Waals surface area contributed by atoms with Gasteiger partial charge in [0.25, 0.3) is 0 Å². The van der Waals surface area contributed by atoms with Crippen LogP contribution in [0.15, 0.2) is 67.0 Å². The van der Waals surface area contributed by atoms with Gasteiger partial charge in [0, 0.05) is 25.0 Å². The molecule has 2 aliphatic rings. The van der Waals surface area contributed by atoms with Crippen LogP contribution in [0.25, 0.3) is 11.1 Å². The molecule has 5 rings (SSSR count). The lowest BCUT2D eigenvalue weighted by Crippen LogP contribution is -2.23. The molecule has 0 amide bonds. The number of rotatable bonds is 4. The number of benzene rings is 2. The maximum absolute atomic E-state index is 5.78. The molecule has 2 aliphatic heterocycles. The van der Waals surface area contributed by atoms with Crippen molar-refractivity contribution >= 4 is 0 Å². The second-order valence-electron chi connectivity index (χ2n) is 7.46. The zero-order chi connectivity index (χ0) is 18.8. The van der Waals surface area contributed by atoms with Crippen LogP contribution in [0, 0.1) is 0 Å². The van der Waals surface area contributed by atoms with Gasteiger partial charge in [0.1, 0.15) is 13.2 Å². The molecule has 1 aromatic heterocycles. The summed E-state index contributed by atoms with van der Waals surface area (Å²) >= 11 is 0. The van der Waals surface area contributed by atoms with Gasteiger partial charge in [-0.3, -0.25) is 9.88 Å². The number of aromatic nitrogens is 1. The van der Waals surface area contributed by atoms with Crippen molar-refractivity contribution in [2.75, 3.05) is 19.8 Å². The van der Waals surface area contributed by atoms with Crippen molar-refractivity contribution in [2.45, 2.75) is 25.4 Å². The Labute approximate surface area is 165 Å². The molecule has 0 saturated carbocycles. The third kappa shape index (κ3) is 3.48. The average molecular weight is 372 g/mol. The monoisotopic (exact) mass is 372 g/mol. The van der Waals surface area contributed by atoms with Crippen molar-refractivity contribution in [3.8, 4) is 22.6 Å². The van der Waals surface area contributed by atoms with Crippen molar-refractivity contribution in [3.63, 3.8) is 0 Å². The predicted molar refractivity (Wildman–Crippen MR) is 109 cm³/mol. The van der Waals surface area contributed by atoms with Crippen molar-refractivity contribution < 1.29 is 9.47 Å². The Morgan fingerprint density at radius 3 is 2.43 bits per heavy atom. The molecule has 4 heteroatoms. The molecule has 0 unspecified atom stereocenters. The van der Waals surface area contributed by atoms with Gasteiger partial charge in [0.05, 0.1) is 0 Å². The lowest BCUT2D eigenvalue weighted by Gasteiger charge is -2.26. The molecule has 0 aliphatic carbocycles. The quantitative estimate of drug-likeness (QED) is 0.655. The van der Waals surface area contributed by atoms with Gasteiger partial charge in [-0.15, -0.1) is 0 Å². The molecule has 0 radical (unpaired) electrons. The van der Waals surface area contributed by atoms with Gasteiger partial charge < -0.3 is 9.47 Å². The Hall–Kier alpha value is -2.85. The van der Waals surface area contributed by atoms with Crippen LogP contribution in [0.3, 0.4) is 0 Å². The highest BCUT2D eigenvalue weighted by Crippen LogP contribution is 2.38. The van der Waals surface area contributed by atoms with Gasteiger partial charge in [-0.05, 0) is 65.9 Å². The fraction of sp³-hybridized carbons (Fsp3) is 0.292. The number of likely N-dealkylation sites (tertiary alicyclic amines) is 1. The van der Waals surface area contributed by atoms with Crippen LogP contribution in [0.2, 0.25) is 0 Å². The van der Waals surface area contributed by atoms with Gasteiger partial charge >= 0.3 is 0 Å². The summed E-state index contributed by atoms with van der Waals surface area (Å²) in [6.07, 6.45) is 6.10. The first-order valence-electron chi connectivity index (χ1n) is 10.00. The molecule has 28 heavy (non-hydrogen) atoms. The van der Waals surface area contributed by atoms with Crippen LogP contribution in [-0.2, 0) is 6.54 Å². The number of nitrogens with zero attached hydrogens (tertiary/aromatic N) is 2. The molecule has 1 saturated heterocycles. The number of hydrogen-bond donors (Lipinski definition) is 0. The lowest BCUT2D eigenvalue weighted by atomic mass is 10.0. The Morgan fingerprint density at radius 2 is 1.61 bits per heavy atom. The minimum atomic E-state index is 0.440. The van der Waals surface area contributed by atoms with E-state index >= 15 is 0 Å². The summed E-state index contributed by atoms with van der Waals surface area (Å²) in [4.78, 5) is 6.67. The van der Waals surface area contributed by atoms with E-state index in [4.69, 9.17) is 9.47 Å². The van der Waals surface area contributed by atoms with Gasteiger partial charge in [-0.25, -0.2) is 0 Å². The van der Waals surface area contributed by atoms with Crippen LogP contribution in [0.5, 0.6) is 11.5 Å². The van der Waals surface area contributed by atoms with Crippen LogP contribution in [-0.4, -0.2) is 29.6 Å². The second kappa shape index (κ2) is 7.64. The number of hydrogen-bond acceptors (Lipinski definition) is 4. The normalized spacial score (nSPS) is 18.9. The fourth-order valence-electron chi connectivity index (χ4n) is 4.24. The Kier molecular flexibility index (Phi) is 4.71. The summed E-state index contributed by atoms with van der Waals surface area (Å²) in [5, 5.41) is 0. The van der Waals surface area contributed by atoms with Gasteiger partial charge in [-0.1, -0.05) is 30.3 Å². The molecular formula is C24H24N2O2. The van der Waals surface area contributed by atoms with E-state index in [1.165, 1.54) is 35.1 Å². The van der Waals surface area contributed by atoms with Gasteiger partial charge in [0.15, 0.2) is 11.5 Å². The second-order valence-corrected chi connectivity index (χ2v) is 7.46. The summed E-state index contributed by atoms with van der Waals surface area (Å²) < 4.78 is 11.5. The molecule has 0 spiro atoms. The molecule has 142 valence electrons. The first-order valence-corrected chi connectivity index (χ1v) is 10.00. The SMILES string of the molecule is c1cc(-c2ccc(CN3CCC[C@H]3c3ccc4c(c3)OCCO4)cc2)ccn1. The highest BCUT2D eigenvalue weighted by molar-refractivity contribution is 5.62. The van der Waals surface area contributed by atoms with Crippen molar-refractivity contribution in [1.29, 1.82) is 0 Å². The Bertz CT molecular complexity index is 941. The largest absolute Gasteiger partial charge is 0.486 e. The van der Waals surface area contributed by atoms with E-state index in [1.54, 1.807) is 0 Å². The molecule has 1 fully saturated rings. The third-order valence-electron chi connectivity index (χ3n) is 5.67. The highest BCUT2D eigenvalue weighted by Gasteiger charge is 2.27. The van der Waals surface area contributed by atoms with Crippen LogP contribution in [0.1, 0.15) is 30.0 Å². The van der Waals surface area contributed by atoms with E-state index in [-0.39, 0.29) is 0 Å². The minimum absolute atomic E-state index is 0.440. The van der Waals surface area contributed by atoms with Crippen molar-refractivity contribution in [2.24, 2.45) is 0 Å². The maximum atomic E-state index is 5.78. The van der Waals surface area contributed by atoms with Gasteiger partial charge in [0.2, 0.25) is 0 Å². The number of fused-ring (bicyclic) bond motifs is 1. The first kappa shape index (κ1) is 17.3. The Balaban J connectivity index is 1.32. The lowest BCUT2D eigenvalue weighted by molar-refractivity contribution is 0.170. The molecule has 0 N–H and O–H groups in total. The average Bonchev–Trinajstić information content (AvgIpc) is 3.23. The summed E-state index contributed by atoms with van der Waals surface area (Å²) in [6, 6.07) is 19.9. The standard InChI is InChI=1S/C24H24N2O2/c1-2-22(21-7-8-23-24(16-21)28-15-14-27-23)26(13-1)17-18-3-5-19(6-4-18)20-9-11-25-12-10-20/h3-12,16,22H,1-2,13-15,17H2/t22-/m0/s1. The van der Waals surface area contributed by atoms with Gasteiger partial charge in [-0.2, -0.15) is 0 Å². The van der Waals surface area contributed by atoms with Crippen LogP contribution < -0.4 is 9.47 Å². The molecule has 2 aromatic carbocycles. The van der Waals surface area contributed by atoms with E-state index in [1.807, 2.05) is 24.5 Å². The minimum Gasteiger partial charge on any atom is -0.486 e. The van der Waals surface area contributed by atoms with E-state index in [0.29, 0.717) is 19.3 Å². The number of ether oxygens (including phenoxy) is 2. The van der Waals surface area contributed by atoms with Crippen LogP contribution in [0.4, 0.5) is 0 Å². The molecule has 4 nitrogen and oxygen atoms in total. The third-order valence-corrected chi connectivity index (χ3v) is 5.67. The molecule has 3 heterocycles. The molecule has 1 atom stereocenters. The zero-order valence-corrected chi connectivity index (χ0v) is 15.9. The van der Waals surface area contributed by atoms with E-state index in [9.17, 15) is 0 Å². The zero-order valence-electron chi connectivity index (χ0n) is 15.9. The van der Waals surface area contributed by atoms with E-state index in [2.05, 4.69) is 52.3 Å². The van der Waals surface area contributed by atoms with Crippen molar-refractivity contribution in [3.05, 3.63) is 78.1 Å². The van der Waals surface area contributed by atoms with Crippen LogP contribution >= 0.6 is 0 Å². The maximum Gasteiger partial charge on any atom is 0.161 e. The summed E-state index contributed by atoms with van der Waals surface area (Å²) in [5.41, 5.74) is 5.12. The topological polar surface area (TPSA) is 34.6 Å². The summed E-state index contributed by atoms with van der Waals surface area (Å²) in [5.74, 6) is 1.75. The van der Waals surface area contributed by atoms with E-state index in [0.717, 1.165) is 24.6 Å². The van der Waals surface area contributed by atoms with Crippen molar-refractivity contribution in [1.82, 2.24) is 9.88 Å². The predicted octanol–water partition coefficient (Wildman–Crippen LogP) is 4.86. The molecular weight excluding hydrogens is 348 g/mol. The summed E-state index contributed by atoms with van der Waals surface area (Å²) in [6.45, 7) is 3.37. The smallest absolute Gasteiger partial charge is 0.161 e. The number of pyridine rings is 1. The molecule has 0 bridgehead atoms. The Morgan fingerprint density at radius 1 is 0.857 bits per heavy atom. The summed E-state index contributed by atoms with van der Waals surface area (Å²) in [7, 11) is 0.